The molecule has 15 heteroatoms. The first-order chi connectivity index (χ1) is 13.0. The van der Waals surface area contributed by atoms with Crippen molar-refractivity contribution in [1.29, 1.82) is 0 Å². The number of thiazole rings is 1. The lowest BCUT2D eigenvalue weighted by atomic mass is 9.98. The van der Waals surface area contributed by atoms with Crippen molar-refractivity contribution in [2.24, 2.45) is 5.16 Å². The van der Waals surface area contributed by atoms with Crippen molar-refractivity contribution in [2.75, 3.05) is 12.8 Å². The van der Waals surface area contributed by atoms with Crippen LogP contribution in [0.4, 0.5) is 5.13 Å². The Morgan fingerprint density at radius 2 is 2.11 bits per heavy atom. The number of carbonyl (C=O) groups is 3. The maximum Gasteiger partial charge on any atom is 0.363 e. The van der Waals surface area contributed by atoms with Crippen molar-refractivity contribution in [3.8, 4) is 0 Å². The van der Waals surface area contributed by atoms with E-state index in [4.69, 9.17) is 15.1 Å². The summed E-state index contributed by atoms with van der Waals surface area (Å²) in [6.07, 6.45) is -0.387. The summed E-state index contributed by atoms with van der Waals surface area (Å²) in [7, 11) is -4.08. The lowest BCUT2D eigenvalue weighted by Gasteiger charge is -2.41. The average Bonchev–Trinajstić information content (AvgIpc) is 3.01. The molecule has 13 nitrogen and oxygen atoms in total. The molecule has 1 aromatic heterocycles. The Bertz CT molecular complexity index is 925. The van der Waals surface area contributed by atoms with Crippen LogP contribution in [-0.4, -0.2) is 71.1 Å². The Kier molecular flexibility index (Phi) is 6.20. The molecule has 2 rings (SSSR count). The summed E-state index contributed by atoms with van der Waals surface area (Å²) >= 11 is 1.03. The highest BCUT2D eigenvalue weighted by atomic mass is 32.2. The number of anilines is 1. The summed E-state index contributed by atoms with van der Waals surface area (Å²) in [4.78, 5) is 45.4. The molecular formula is C13H17N5O8S2. The highest BCUT2D eigenvalue weighted by Crippen LogP contribution is 2.25. The van der Waals surface area contributed by atoms with E-state index in [0.717, 1.165) is 18.4 Å². The summed E-state index contributed by atoms with van der Waals surface area (Å²) in [5.74, 6) is -3.36. The summed E-state index contributed by atoms with van der Waals surface area (Å²) < 4.78 is 36.0. The van der Waals surface area contributed by atoms with E-state index in [-0.39, 0.29) is 26.9 Å². The monoisotopic (exact) mass is 435 g/mol. The molecule has 0 spiro atoms. The molecule has 1 aliphatic rings. The standard InChI is InChI=1S/C13H17N5O8S2/c1-5(2)26-17-7(6-4-27-13(14)15-6)10(19)16-8-9(12(21)25-3)18(11(8)20)28(22,23)24/h4-5,8-9H,1-3H3,(H2,14,15)(H,16,19)(H,22,23,24)/t8-,9-/m0/s1. The molecule has 0 radical (unpaired) electrons. The molecule has 2 amide bonds. The van der Waals surface area contributed by atoms with Crippen LogP contribution in [0.1, 0.15) is 19.5 Å². The van der Waals surface area contributed by atoms with E-state index in [2.05, 4.69) is 20.2 Å². The van der Waals surface area contributed by atoms with E-state index in [1.165, 1.54) is 5.38 Å². The second-order valence-corrected chi connectivity index (χ2v) is 7.87. The van der Waals surface area contributed by atoms with Gasteiger partial charge in [0.25, 0.3) is 11.8 Å². The van der Waals surface area contributed by atoms with Crippen LogP contribution in [0.25, 0.3) is 0 Å². The van der Waals surface area contributed by atoms with Gasteiger partial charge in [0.15, 0.2) is 16.9 Å². The number of β-lactam (4-membered cyclic amide) rings is 1. The quantitative estimate of drug-likeness (QED) is 0.150. The highest BCUT2D eigenvalue weighted by Gasteiger charge is 2.58. The first-order valence-electron chi connectivity index (χ1n) is 7.62. The fourth-order valence-corrected chi connectivity index (χ4v) is 3.57. The van der Waals surface area contributed by atoms with Crippen LogP contribution in [0.5, 0.6) is 0 Å². The number of amides is 2. The van der Waals surface area contributed by atoms with Gasteiger partial charge in [-0.2, -0.15) is 12.7 Å². The van der Waals surface area contributed by atoms with Crippen molar-refractivity contribution < 1.29 is 36.9 Å². The van der Waals surface area contributed by atoms with E-state index in [0.29, 0.717) is 0 Å². The molecular weight excluding hydrogens is 418 g/mol. The number of rotatable bonds is 7. The van der Waals surface area contributed by atoms with Crippen LogP contribution in [0, 0.1) is 0 Å². The molecule has 2 atom stereocenters. The zero-order chi connectivity index (χ0) is 21.2. The summed E-state index contributed by atoms with van der Waals surface area (Å²) in [5, 5.41) is 7.42. The van der Waals surface area contributed by atoms with Gasteiger partial charge in [-0.1, -0.05) is 5.16 Å². The van der Waals surface area contributed by atoms with Crippen LogP contribution < -0.4 is 11.1 Å². The van der Waals surface area contributed by atoms with E-state index in [1.54, 1.807) is 13.8 Å². The fraction of sp³-hybridized carbons (Fsp3) is 0.462. The largest absolute Gasteiger partial charge is 0.467 e. The van der Waals surface area contributed by atoms with Crippen molar-refractivity contribution in [3.05, 3.63) is 11.1 Å². The lowest BCUT2D eigenvalue weighted by molar-refractivity contribution is -0.162. The molecule has 4 N–H and O–H groups in total. The van der Waals surface area contributed by atoms with Crippen molar-refractivity contribution in [3.63, 3.8) is 0 Å². The molecule has 1 saturated heterocycles. The Morgan fingerprint density at radius 1 is 1.46 bits per heavy atom. The minimum atomic E-state index is -5.03. The van der Waals surface area contributed by atoms with Crippen molar-refractivity contribution in [2.45, 2.75) is 32.0 Å². The second-order valence-electron chi connectivity index (χ2n) is 5.70. The summed E-state index contributed by atoms with van der Waals surface area (Å²) in [5.41, 5.74) is 5.25. The fourth-order valence-electron chi connectivity index (χ4n) is 2.18. The molecule has 0 aliphatic carbocycles. The van der Waals surface area contributed by atoms with Gasteiger partial charge in [-0.05, 0) is 13.8 Å². The Hall–Kier alpha value is -2.78. The van der Waals surface area contributed by atoms with E-state index in [9.17, 15) is 22.8 Å². The maximum atomic E-state index is 12.6. The second kappa shape index (κ2) is 8.07. The third kappa shape index (κ3) is 4.37. The Balaban J connectivity index is 2.30. The molecule has 0 unspecified atom stereocenters. The zero-order valence-corrected chi connectivity index (χ0v) is 16.5. The molecule has 28 heavy (non-hydrogen) atoms. The summed E-state index contributed by atoms with van der Waals surface area (Å²) in [6, 6.07) is -3.38. The Morgan fingerprint density at radius 3 is 2.57 bits per heavy atom. The molecule has 154 valence electrons. The van der Waals surface area contributed by atoms with Gasteiger partial charge in [0.1, 0.15) is 17.8 Å². The van der Waals surface area contributed by atoms with Crippen LogP contribution >= 0.6 is 11.3 Å². The number of nitrogens with zero attached hydrogens (tertiary/aromatic N) is 3. The topological polar surface area (TPSA) is 191 Å². The molecule has 0 aromatic carbocycles. The van der Waals surface area contributed by atoms with E-state index >= 15 is 0 Å². The van der Waals surface area contributed by atoms with Crippen LogP contribution in [0.2, 0.25) is 0 Å². The van der Waals surface area contributed by atoms with Gasteiger partial charge in [-0.25, -0.2) is 9.78 Å². The number of nitrogens with one attached hydrogen (secondary N) is 1. The van der Waals surface area contributed by atoms with Gasteiger partial charge in [0, 0.05) is 5.38 Å². The molecule has 1 aliphatic heterocycles. The number of hydrogen-bond donors (Lipinski definition) is 3. The minimum absolute atomic E-state index is 0.0497. The Labute approximate surface area is 163 Å². The average molecular weight is 435 g/mol. The van der Waals surface area contributed by atoms with E-state index < -0.39 is 40.2 Å². The predicted molar refractivity (Wildman–Crippen MR) is 95.4 cm³/mol. The number of esters is 1. The van der Waals surface area contributed by atoms with Crippen LogP contribution in [0.3, 0.4) is 0 Å². The first kappa shape index (κ1) is 21.5. The number of hydrogen-bond acceptors (Lipinski definition) is 11. The van der Waals surface area contributed by atoms with Crippen LogP contribution in [-0.2, 0) is 34.3 Å². The van der Waals surface area contributed by atoms with Gasteiger partial charge in [-0.3, -0.25) is 14.1 Å². The maximum absolute atomic E-state index is 12.6. The number of methoxy groups -OCH3 is 1. The number of nitrogens with two attached hydrogens (primary N) is 1. The smallest absolute Gasteiger partial charge is 0.363 e. The zero-order valence-electron chi connectivity index (χ0n) is 14.8. The number of carbonyl (C=O) groups excluding carboxylic acids is 3. The van der Waals surface area contributed by atoms with Gasteiger partial charge >= 0.3 is 16.3 Å². The lowest BCUT2D eigenvalue weighted by Crippen LogP contribution is -2.74. The van der Waals surface area contributed by atoms with Gasteiger partial charge in [0.2, 0.25) is 0 Å². The molecule has 0 bridgehead atoms. The number of nitrogen functional groups attached to an aromatic ring is 1. The van der Waals surface area contributed by atoms with Gasteiger partial charge < -0.3 is 20.6 Å². The molecule has 0 saturated carbocycles. The summed E-state index contributed by atoms with van der Waals surface area (Å²) in [6.45, 7) is 3.31. The van der Waals surface area contributed by atoms with Crippen molar-refractivity contribution in [1.82, 2.24) is 14.6 Å². The molecule has 1 fully saturated rings. The third-order valence-electron chi connectivity index (χ3n) is 3.36. The molecule has 2 heterocycles. The van der Waals surface area contributed by atoms with Gasteiger partial charge in [0.05, 0.1) is 7.11 Å². The van der Waals surface area contributed by atoms with Gasteiger partial charge in [-0.15, -0.1) is 11.3 Å². The SMILES string of the molecule is COC(=O)[C@@H]1[C@H](NC(=O)C(=NOC(C)C)c2csc(N)n2)C(=O)N1S(=O)(=O)O. The molecule has 1 aromatic rings. The first-order valence-corrected chi connectivity index (χ1v) is 9.89. The highest BCUT2D eigenvalue weighted by molar-refractivity contribution is 7.84. The normalized spacial score (nSPS) is 20.0. The predicted octanol–water partition coefficient (Wildman–Crippen LogP) is -1.47. The van der Waals surface area contributed by atoms with E-state index in [1.807, 2.05) is 0 Å². The minimum Gasteiger partial charge on any atom is -0.467 e. The van der Waals surface area contributed by atoms with Crippen molar-refractivity contribution >= 4 is 50.3 Å². The number of ether oxygens (including phenoxy) is 1. The number of oxime groups is 1. The number of aromatic nitrogens is 1. The third-order valence-corrected chi connectivity index (χ3v) is 4.94. The van der Waals surface area contributed by atoms with Crippen LogP contribution in [0.15, 0.2) is 10.5 Å².